The van der Waals surface area contributed by atoms with Gasteiger partial charge in [0.1, 0.15) is 29.6 Å². The summed E-state index contributed by atoms with van der Waals surface area (Å²) in [5.41, 5.74) is 2.38. The Morgan fingerprint density at radius 1 is 1.45 bits per heavy atom. The standard InChI is InChI=1S/C19H15ClF3N5O3/c1-18(19(22,23)9-31-17(24)28-18)15-12(21)4-5-13(26-15)27-16(30)14-11(20)7-10(8-25-14)3-2-6-29/h4-5,7-8,29H,6,9H2,1H3,(H2,24,28)(H,26,27,30). The third kappa shape index (κ3) is 4.40. The Kier molecular flexibility index (Phi) is 6.06. The van der Waals surface area contributed by atoms with Crippen LogP contribution >= 0.6 is 11.6 Å². The Morgan fingerprint density at radius 2 is 2.19 bits per heavy atom. The molecule has 12 heteroatoms. The summed E-state index contributed by atoms with van der Waals surface area (Å²) < 4.78 is 48.0. The minimum absolute atomic E-state index is 0.0510. The molecular weight excluding hydrogens is 439 g/mol. The van der Waals surface area contributed by atoms with Gasteiger partial charge >= 0.3 is 5.92 Å². The number of hydrogen-bond acceptors (Lipinski definition) is 7. The van der Waals surface area contributed by atoms with Gasteiger partial charge in [-0.25, -0.2) is 19.4 Å². The maximum Gasteiger partial charge on any atom is 0.311 e. The molecule has 1 amide bonds. The van der Waals surface area contributed by atoms with Gasteiger partial charge in [0.15, 0.2) is 12.1 Å². The summed E-state index contributed by atoms with van der Waals surface area (Å²) in [6, 6.07) is 2.77. The number of carbonyl (C=O) groups excluding carboxylic acids is 1. The fourth-order valence-corrected chi connectivity index (χ4v) is 2.96. The molecule has 1 aliphatic heterocycles. The number of carbonyl (C=O) groups is 1. The zero-order valence-corrected chi connectivity index (χ0v) is 16.7. The van der Waals surface area contributed by atoms with Crippen LogP contribution in [0.3, 0.4) is 0 Å². The smallest absolute Gasteiger partial charge is 0.311 e. The predicted molar refractivity (Wildman–Crippen MR) is 105 cm³/mol. The van der Waals surface area contributed by atoms with Crippen LogP contribution in [0, 0.1) is 17.7 Å². The Labute approximate surface area is 179 Å². The zero-order chi connectivity index (χ0) is 22.8. The fraction of sp³-hybridized carbons (Fsp3) is 0.263. The van der Waals surface area contributed by atoms with Crippen LogP contribution in [0.2, 0.25) is 5.02 Å². The summed E-state index contributed by atoms with van der Waals surface area (Å²) in [5, 5.41) is 11.0. The van der Waals surface area contributed by atoms with Gasteiger partial charge in [-0.2, -0.15) is 8.78 Å². The SMILES string of the molecule is CC1(c2nc(NC(=O)c3ncc(C#CCO)cc3Cl)ccc2F)N=C(N)OCC1(F)F. The summed E-state index contributed by atoms with van der Waals surface area (Å²) >= 11 is 6.04. The molecular formula is C19H15ClF3N5O3. The van der Waals surface area contributed by atoms with Gasteiger partial charge in [-0.05, 0) is 25.1 Å². The molecule has 1 unspecified atom stereocenters. The number of hydrogen-bond donors (Lipinski definition) is 3. The maximum atomic E-state index is 14.5. The number of nitrogens with one attached hydrogen (secondary N) is 1. The Balaban J connectivity index is 1.92. The number of alkyl halides is 2. The summed E-state index contributed by atoms with van der Waals surface area (Å²) in [7, 11) is 0. The third-order valence-electron chi connectivity index (χ3n) is 4.36. The van der Waals surface area contributed by atoms with Gasteiger partial charge in [0.2, 0.25) is 0 Å². The lowest BCUT2D eigenvalue weighted by Crippen LogP contribution is -2.51. The number of amidine groups is 1. The van der Waals surface area contributed by atoms with Gasteiger partial charge in [0.25, 0.3) is 11.9 Å². The highest BCUT2D eigenvalue weighted by Gasteiger charge is 2.57. The van der Waals surface area contributed by atoms with Gasteiger partial charge in [-0.15, -0.1) is 0 Å². The van der Waals surface area contributed by atoms with Gasteiger partial charge in [-0.1, -0.05) is 23.4 Å². The molecule has 0 aromatic carbocycles. The van der Waals surface area contributed by atoms with Crippen LogP contribution in [-0.4, -0.2) is 46.1 Å². The molecule has 0 spiro atoms. The lowest BCUT2D eigenvalue weighted by molar-refractivity contribution is -0.118. The molecule has 3 rings (SSSR count). The van der Waals surface area contributed by atoms with E-state index < -0.39 is 41.5 Å². The summed E-state index contributed by atoms with van der Waals surface area (Å²) in [6.07, 6.45) is 1.26. The average molecular weight is 454 g/mol. The molecule has 1 atom stereocenters. The van der Waals surface area contributed by atoms with Gasteiger partial charge < -0.3 is 20.9 Å². The lowest BCUT2D eigenvalue weighted by atomic mass is 9.89. The first-order chi connectivity index (χ1) is 14.6. The first-order valence-corrected chi connectivity index (χ1v) is 9.05. The Hall–Kier alpha value is -3.36. The minimum atomic E-state index is -3.62. The molecule has 31 heavy (non-hydrogen) atoms. The number of amides is 1. The van der Waals surface area contributed by atoms with E-state index in [4.69, 9.17) is 22.4 Å². The maximum absolute atomic E-state index is 14.5. The number of nitrogens with zero attached hydrogens (tertiary/aromatic N) is 3. The number of aliphatic hydroxyl groups excluding tert-OH is 1. The molecule has 0 bridgehead atoms. The molecule has 0 saturated carbocycles. The van der Waals surface area contributed by atoms with E-state index in [0.29, 0.717) is 5.56 Å². The van der Waals surface area contributed by atoms with E-state index in [1.54, 1.807) is 0 Å². The van der Waals surface area contributed by atoms with Crippen LogP contribution in [-0.2, 0) is 10.3 Å². The van der Waals surface area contributed by atoms with Crippen LogP contribution in [0.4, 0.5) is 19.0 Å². The molecule has 1 aliphatic rings. The molecule has 2 aromatic rings. The monoisotopic (exact) mass is 453 g/mol. The first-order valence-electron chi connectivity index (χ1n) is 8.67. The van der Waals surface area contributed by atoms with Crippen LogP contribution in [0.1, 0.15) is 28.7 Å². The second kappa shape index (κ2) is 8.41. The number of nitrogens with two attached hydrogens (primary N) is 1. The van der Waals surface area contributed by atoms with E-state index in [-0.39, 0.29) is 23.1 Å². The molecule has 0 aliphatic carbocycles. The molecule has 0 radical (unpaired) electrons. The van der Waals surface area contributed by atoms with Crippen molar-refractivity contribution in [3.05, 3.63) is 52.2 Å². The normalized spacial score (nSPS) is 19.5. The Morgan fingerprint density at radius 3 is 2.87 bits per heavy atom. The number of rotatable bonds is 3. The number of aliphatic hydroxyl groups is 1. The highest BCUT2D eigenvalue weighted by atomic mass is 35.5. The summed E-state index contributed by atoms with van der Waals surface area (Å²) in [6.45, 7) is -0.510. The number of aliphatic imine (C=N–C) groups is 1. The molecule has 8 nitrogen and oxygen atoms in total. The van der Waals surface area contributed by atoms with Crippen molar-refractivity contribution in [3.63, 3.8) is 0 Å². The Bertz CT molecular complexity index is 1130. The lowest BCUT2D eigenvalue weighted by Gasteiger charge is -2.36. The van der Waals surface area contributed by atoms with Crippen molar-refractivity contribution in [1.82, 2.24) is 9.97 Å². The van der Waals surface area contributed by atoms with E-state index in [1.807, 2.05) is 0 Å². The van der Waals surface area contributed by atoms with E-state index in [9.17, 15) is 18.0 Å². The van der Waals surface area contributed by atoms with Crippen LogP contribution in [0.5, 0.6) is 0 Å². The van der Waals surface area contributed by atoms with Crippen molar-refractivity contribution in [2.24, 2.45) is 10.7 Å². The summed E-state index contributed by atoms with van der Waals surface area (Å²) in [4.78, 5) is 23.8. The van der Waals surface area contributed by atoms with Crippen LogP contribution in [0.15, 0.2) is 29.4 Å². The zero-order valence-electron chi connectivity index (χ0n) is 15.9. The second-order valence-corrected chi connectivity index (χ2v) is 6.92. The molecule has 3 heterocycles. The number of pyridine rings is 2. The highest BCUT2D eigenvalue weighted by molar-refractivity contribution is 6.34. The molecule has 0 fully saturated rings. The first kappa shape index (κ1) is 22.3. The van der Waals surface area contributed by atoms with Crippen molar-refractivity contribution in [3.8, 4) is 11.8 Å². The third-order valence-corrected chi connectivity index (χ3v) is 4.65. The molecule has 0 saturated heterocycles. The van der Waals surface area contributed by atoms with Gasteiger partial charge in [0, 0.05) is 11.8 Å². The highest BCUT2D eigenvalue weighted by Crippen LogP contribution is 2.43. The molecule has 2 aromatic heterocycles. The molecule has 4 N–H and O–H groups in total. The van der Waals surface area contributed by atoms with Crippen LogP contribution in [0.25, 0.3) is 0 Å². The van der Waals surface area contributed by atoms with Crippen molar-refractivity contribution in [2.75, 3.05) is 18.5 Å². The van der Waals surface area contributed by atoms with Gasteiger partial charge in [-0.3, -0.25) is 4.79 Å². The van der Waals surface area contributed by atoms with Crippen LogP contribution < -0.4 is 11.1 Å². The van der Waals surface area contributed by atoms with Crippen molar-refractivity contribution in [1.29, 1.82) is 0 Å². The van der Waals surface area contributed by atoms with E-state index in [2.05, 4.69) is 36.9 Å². The molecule has 162 valence electrons. The number of aromatic nitrogens is 2. The predicted octanol–water partition coefficient (Wildman–Crippen LogP) is 2.06. The fourth-order valence-electron chi connectivity index (χ4n) is 2.71. The number of halogens is 4. The topological polar surface area (TPSA) is 123 Å². The summed E-state index contributed by atoms with van der Waals surface area (Å²) in [5.74, 6) is -0.755. The minimum Gasteiger partial charge on any atom is -0.459 e. The number of anilines is 1. The van der Waals surface area contributed by atoms with E-state index in [1.165, 1.54) is 12.3 Å². The van der Waals surface area contributed by atoms with E-state index in [0.717, 1.165) is 19.1 Å². The quantitative estimate of drug-likeness (QED) is 0.611. The number of ether oxygens (including phenoxy) is 1. The van der Waals surface area contributed by atoms with Gasteiger partial charge in [0.05, 0.1) is 5.02 Å². The van der Waals surface area contributed by atoms with Crippen molar-refractivity contribution < 1.29 is 27.8 Å². The average Bonchev–Trinajstić information content (AvgIpc) is 2.71. The van der Waals surface area contributed by atoms with E-state index >= 15 is 0 Å². The van der Waals surface area contributed by atoms with Crippen molar-refractivity contribution >= 4 is 29.3 Å². The second-order valence-electron chi connectivity index (χ2n) is 6.51. The largest absolute Gasteiger partial charge is 0.459 e. The van der Waals surface area contributed by atoms with Crippen molar-refractivity contribution in [2.45, 2.75) is 18.4 Å².